The zero-order valence-corrected chi connectivity index (χ0v) is 12.2. The number of nitro groups is 1. The number of benzene rings is 1. The van der Waals surface area contributed by atoms with Crippen LogP contribution in [0.1, 0.15) is 20.1 Å². The van der Waals surface area contributed by atoms with E-state index in [1.807, 2.05) is 13.0 Å². The number of ketones is 1. The van der Waals surface area contributed by atoms with Crippen molar-refractivity contribution in [3.63, 3.8) is 0 Å². The number of carbonyl (C=O) groups excluding carboxylic acids is 1. The van der Waals surface area contributed by atoms with Gasteiger partial charge in [0.2, 0.25) is 5.78 Å². The Labute approximate surface area is 124 Å². The SMILES string of the molecule is Cc1ccc(C(=O)COc2cc(C)c([N+](=O)[O-])cc2F)s1. The molecule has 0 saturated heterocycles. The molecule has 7 heteroatoms. The lowest BCUT2D eigenvalue weighted by Crippen LogP contribution is -2.11. The molecule has 110 valence electrons. The first-order chi connectivity index (χ1) is 9.88. The topological polar surface area (TPSA) is 69.4 Å². The smallest absolute Gasteiger partial charge is 0.275 e. The van der Waals surface area contributed by atoms with Crippen molar-refractivity contribution in [2.75, 3.05) is 6.61 Å². The van der Waals surface area contributed by atoms with Crippen LogP contribution in [0.15, 0.2) is 24.3 Å². The molecule has 0 N–H and O–H groups in total. The minimum Gasteiger partial charge on any atom is -0.482 e. The Hall–Kier alpha value is -2.28. The molecule has 0 spiro atoms. The summed E-state index contributed by atoms with van der Waals surface area (Å²) in [6.45, 7) is 3.05. The van der Waals surface area contributed by atoms with Gasteiger partial charge in [-0.15, -0.1) is 11.3 Å². The van der Waals surface area contributed by atoms with Crippen molar-refractivity contribution in [3.8, 4) is 5.75 Å². The number of halogens is 1. The second kappa shape index (κ2) is 6.01. The first-order valence-electron chi connectivity index (χ1n) is 6.05. The Morgan fingerprint density at radius 2 is 2.10 bits per heavy atom. The normalized spacial score (nSPS) is 10.4. The Bertz CT molecular complexity index is 711. The van der Waals surface area contributed by atoms with Crippen LogP contribution in [-0.4, -0.2) is 17.3 Å². The largest absolute Gasteiger partial charge is 0.482 e. The Balaban J connectivity index is 2.12. The highest BCUT2D eigenvalue weighted by molar-refractivity contribution is 7.14. The van der Waals surface area contributed by atoms with Gasteiger partial charge < -0.3 is 4.74 Å². The highest BCUT2D eigenvalue weighted by Gasteiger charge is 2.17. The minimum absolute atomic E-state index is 0.167. The lowest BCUT2D eigenvalue weighted by atomic mass is 10.2. The van der Waals surface area contributed by atoms with Crippen molar-refractivity contribution in [1.29, 1.82) is 0 Å². The molecule has 0 aliphatic heterocycles. The fourth-order valence-corrected chi connectivity index (χ4v) is 2.54. The Morgan fingerprint density at radius 3 is 2.67 bits per heavy atom. The average Bonchev–Trinajstić information content (AvgIpc) is 2.85. The molecule has 0 aliphatic carbocycles. The zero-order valence-electron chi connectivity index (χ0n) is 11.4. The van der Waals surface area contributed by atoms with Crippen molar-refractivity contribution in [2.24, 2.45) is 0 Å². The number of nitrogens with zero attached hydrogens (tertiary/aromatic N) is 1. The number of hydrogen-bond donors (Lipinski definition) is 0. The van der Waals surface area contributed by atoms with Gasteiger partial charge in [0, 0.05) is 10.4 Å². The molecule has 2 aromatic rings. The van der Waals surface area contributed by atoms with E-state index in [0.717, 1.165) is 10.9 Å². The maximum Gasteiger partial charge on any atom is 0.275 e. The lowest BCUT2D eigenvalue weighted by molar-refractivity contribution is -0.385. The third kappa shape index (κ3) is 3.43. The summed E-state index contributed by atoms with van der Waals surface area (Å²) in [4.78, 5) is 23.4. The summed E-state index contributed by atoms with van der Waals surface area (Å²) in [5.41, 5.74) is -0.0455. The summed E-state index contributed by atoms with van der Waals surface area (Å²) in [7, 11) is 0. The van der Waals surface area contributed by atoms with Gasteiger partial charge in [0.05, 0.1) is 15.9 Å². The van der Waals surface area contributed by atoms with E-state index in [-0.39, 0.29) is 29.4 Å². The zero-order chi connectivity index (χ0) is 15.6. The highest BCUT2D eigenvalue weighted by Crippen LogP contribution is 2.27. The molecule has 1 aromatic heterocycles. The van der Waals surface area contributed by atoms with Crippen LogP contribution in [-0.2, 0) is 0 Å². The second-order valence-electron chi connectivity index (χ2n) is 4.45. The number of carbonyl (C=O) groups is 1. The summed E-state index contributed by atoms with van der Waals surface area (Å²) in [5.74, 6) is -1.29. The predicted molar refractivity (Wildman–Crippen MR) is 76.7 cm³/mol. The van der Waals surface area contributed by atoms with Gasteiger partial charge in [0.25, 0.3) is 5.69 Å². The third-order valence-corrected chi connectivity index (χ3v) is 3.86. The summed E-state index contributed by atoms with van der Waals surface area (Å²) < 4.78 is 18.8. The average molecular weight is 309 g/mol. The van der Waals surface area contributed by atoms with Crippen LogP contribution in [0.2, 0.25) is 0 Å². The summed E-state index contributed by atoms with van der Waals surface area (Å²) in [5, 5.41) is 10.7. The van der Waals surface area contributed by atoms with E-state index in [9.17, 15) is 19.3 Å². The van der Waals surface area contributed by atoms with Crippen LogP contribution in [0.3, 0.4) is 0 Å². The molecule has 0 atom stereocenters. The maximum atomic E-state index is 13.7. The quantitative estimate of drug-likeness (QED) is 0.480. The molecule has 0 saturated carbocycles. The van der Waals surface area contributed by atoms with Crippen LogP contribution in [0.25, 0.3) is 0 Å². The number of ether oxygens (including phenoxy) is 1. The molecular formula is C14H12FNO4S. The minimum atomic E-state index is -0.859. The van der Waals surface area contributed by atoms with Crippen molar-refractivity contribution < 1.29 is 18.8 Å². The van der Waals surface area contributed by atoms with Gasteiger partial charge in [-0.3, -0.25) is 14.9 Å². The second-order valence-corrected chi connectivity index (χ2v) is 5.74. The van der Waals surface area contributed by atoms with E-state index in [0.29, 0.717) is 4.88 Å². The van der Waals surface area contributed by atoms with Gasteiger partial charge in [-0.1, -0.05) is 0 Å². The molecule has 21 heavy (non-hydrogen) atoms. The van der Waals surface area contributed by atoms with Gasteiger partial charge in [-0.25, -0.2) is 4.39 Å². The maximum absolute atomic E-state index is 13.7. The van der Waals surface area contributed by atoms with Crippen LogP contribution in [0.4, 0.5) is 10.1 Å². The highest BCUT2D eigenvalue weighted by atomic mass is 32.1. The number of aryl methyl sites for hydroxylation is 2. The number of nitro benzene ring substituents is 1. The molecule has 1 aromatic carbocycles. The number of Topliss-reactive ketones (excluding diaryl/α,β-unsaturated/α-hetero) is 1. The molecule has 2 rings (SSSR count). The van der Waals surface area contributed by atoms with Crippen molar-refractivity contribution in [1.82, 2.24) is 0 Å². The summed E-state index contributed by atoms with van der Waals surface area (Å²) >= 11 is 1.33. The van der Waals surface area contributed by atoms with Crippen LogP contribution in [0, 0.1) is 29.8 Å². The first kappa shape index (κ1) is 15.1. The fraction of sp³-hybridized carbons (Fsp3) is 0.214. The van der Waals surface area contributed by atoms with E-state index in [4.69, 9.17) is 4.74 Å². The van der Waals surface area contributed by atoms with Gasteiger partial charge in [0.15, 0.2) is 18.2 Å². The molecule has 5 nitrogen and oxygen atoms in total. The van der Waals surface area contributed by atoms with E-state index >= 15 is 0 Å². The molecule has 0 radical (unpaired) electrons. The van der Waals surface area contributed by atoms with Crippen molar-refractivity contribution >= 4 is 22.8 Å². The number of thiophene rings is 1. The van der Waals surface area contributed by atoms with Gasteiger partial charge in [-0.2, -0.15) is 0 Å². The van der Waals surface area contributed by atoms with Gasteiger partial charge in [-0.05, 0) is 32.0 Å². The Morgan fingerprint density at radius 1 is 1.38 bits per heavy atom. The standard InChI is InChI=1S/C14H12FNO4S/c1-8-5-13(10(15)6-11(8)16(18)19)20-7-12(17)14-4-3-9(2)21-14/h3-6H,7H2,1-2H3. The predicted octanol–water partition coefficient (Wildman–Crippen LogP) is 3.67. The summed E-state index contributed by atoms with van der Waals surface area (Å²) in [6, 6.07) is 5.52. The fourth-order valence-electron chi connectivity index (χ4n) is 1.75. The van der Waals surface area contributed by atoms with E-state index in [2.05, 4.69) is 0 Å². The van der Waals surface area contributed by atoms with Gasteiger partial charge >= 0.3 is 0 Å². The molecule has 0 unspecified atom stereocenters. The number of hydrogen-bond acceptors (Lipinski definition) is 5. The first-order valence-corrected chi connectivity index (χ1v) is 6.87. The van der Waals surface area contributed by atoms with E-state index in [1.165, 1.54) is 24.3 Å². The molecule has 0 aliphatic rings. The van der Waals surface area contributed by atoms with Crippen molar-refractivity contribution in [2.45, 2.75) is 13.8 Å². The van der Waals surface area contributed by atoms with Gasteiger partial charge in [0.1, 0.15) is 0 Å². The summed E-state index contributed by atoms with van der Waals surface area (Å²) in [6.07, 6.45) is 0. The third-order valence-electron chi connectivity index (χ3n) is 2.82. The monoisotopic (exact) mass is 309 g/mol. The molecule has 1 heterocycles. The van der Waals surface area contributed by atoms with E-state index in [1.54, 1.807) is 6.07 Å². The van der Waals surface area contributed by atoms with Crippen molar-refractivity contribution in [3.05, 3.63) is 55.5 Å². The lowest BCUT2D eigenvalue weighted by Gasteiger charge is -2.07. The molecule has 0 fully saturated rings. The Kier molecular flexibility index (Phi) is 4.32. The van der Waals surface area contributed by atoms with Crippen LogP contribution < -0.4 is 4.74 Å². The van der Waals surface area contributed by atoms with Crippen LogP contribution >= 0.6 is 11.3 Å². The molecule has 0 bridgehead atoms. The molecular weight excluding hydrogens is 297 g/mol. The number of rotatable bonds is 5. The van der Waals surface area contributed by atoms with E-state index < -0.39 is 10.7 Å². The molecule has 0 amide bonds. The van der Waals surface area contributed by atoms with Crippen LogP contribution in [0.5, 0.6) is 5.75 Å².